The molecule has 0 amide bonds. The smallest absolute Gasteiger partial charge is 0.485 e. The van der Waals surface area contributed by atoms with Crippen LogP contribution in [0.2, 0.25) is 5.02 Å². The molecule has 166 valence electrons. The van der Waals surface area contributed by atoms with Gasteiger partial charge in [0.15, 0.2) is 16.2 Å². The van der Waals surface area contributed by atoms with Crippen LogP contribution in [-0.2, 0) is 14.9 Å². The molecule has 4 unspecified atom stereocenters. The number of para-hydroxylation sites is 1. The third-order valence-electron chi connectivity index (χ3n) is 5.84. The van der Waals surface area contributed by atoms with Crippen LogP contribution in [0.4, 0.5) is 18.9 Å². The van der Waals surface area contributed by atoms with Gasteiger partial charge in [-0.2, -0.15) is 13.2 Å². The lowest BCUT2D eigenvalue weighted by Crippen LogP contribution is -2.59. The minimum absolute atomic E-state index is 0.00641. The fourth-order valence-corrected chi connectivity index (χ4v) is 4.45. The van der Waals surface area contributed by atoms with Gasteiger partial charge in [0, 0.05) is 17.4 Å². The summed E-state index contributed by atoms with van der Waals surface area (Å²) in [6, 6.07) is 18.8. The Morgan fingerprint density at radius 2 is 1.61 bits per heavy atom. The second-order valence-electron chi connectivity index (χ2n) is 7.54. The molecule has 10 heteroatoms. The molecular formula is C21H19ClF3NO4S. The van der Waals surface area contributed by atoms with E-state index in [-0.39, 0.29) is 17.9 Å². The van der Waals surface area contributed by atoms with Gasteiger partial charge in [-0.25, -0.2) is 8.42 Å². The van der Waals surface area contributed by atoms with Gasteiger partial charge in [0.2, 0.25) is 5.78 Å². The highest BCUT2D eigenvalue weighted by molar-refractivity contribution is 7.86. The summed E-state index contributed by atoms with van der Waals surface area (Å²) in [6.45, 7) is 0. The molecule has 31 heavy (non-hydrogen) atoms. The van der Waals surface area contributed by atoms with Crippen molar-refractivity contribution in [2.45, 2.75) is 29.9 Å². The van der Waals surface area contributed by atoms with Crippen LogP contribution in [0.15, 0.2) is 66.7 Å². The summed E-state index contributed by atoms with van der Waals surface area (Å²) in [4.78, 5) is 12.5. The Hall–Kier alpha value is -2.20. The molecule has 5 nitrogen and oxygen atoms in total. The number of ketones is 1. The molecule has 2 aliphatic heterocycles. The summed E-state index contributed by atoms with van der Waals surface area (Å²) in [6.07, 6.45) is 4.77. The highest BCUT2D eigenvalue weighted by Gasteiger charge is 2.57. The number of likely N-dealkylation sites (N-methyl/N-ethyl adjacent to an activating group) is 1. The number of quaternary nitrogens is 1. The Labute approximate surface area is 183 Å². The maximum atomic E-state index is 12.5. The number of hydrogen-bond donors (Lipinski definition) is 0. The number of hydrogen-bond acceptors (Lipinski definition) is 4. The summed E-state index contributed by atoms with van der Waals surface area (Å²) >= 11 is 6.03. The number of halogens is 4. The summed E-state index contributed by atoms with van der Waals surface area (Å²) in [7, 11) is -3.89. The topological polar surface area (TPSA) is 74.3 Å². The van der Waals surface area contributed by atoms with Gasteiger partial charge in [-0.1, -0.05) is 41.9 Å². The second-order valence-corrected chi connectivity index (χ2v) is 9.35. The summed E-state index contributed by atoms with van der Waals surface area (Å²) in [5.74, 6) is 0.578. The SMILES string of the molecule is C[N+]1(c2ccccc2)C2CC(c3ccc(Cl)cc3)C1C=CC2=O.O=S(=O)([O-])C(F)(F)F. The first kappa shape index (κ1) is 23.5. The molecule has 1 fully saturated rings. The van der Waals surface area contributed by atoms with Crippen molar-refractivity contribution < 1.29 is 30.9 Å². The van der Waals surface area contributed by atoms with Gasteiger partial charge >= 0.3 is 5.51 Å². The zero-order chi connectivity index (χ0) is 23.0. The van der Waals surface area contributed by atoms with Crippen LogP contribution in [0.1, 0.15) is 17.9 Å². The predicted molar refractivity (Wildman–Crippen MR) is 110 cm³/mol. The molecule has 4 rings (SSSR count). The Bertz CT molecular complexity index is 1090. The average molecular weight is 474 g/mol. The van der Waals surface area contributed by atoms with Gasteiger partial charge in [-0.15, -0.1) is 0 Å². The molecule has 0 N–H and O–H groups in total. The van der Waals surface area contributed by atoms with Gasteiger partial charge in [-0.05, 0) is 42.0 Å². The molecule has 0 aromatic heterocycles. The zero-order valence-electron chi connectivity index (χ0n) is 16.3. The quantitative estimate of drug-likeness (QED) is 0.368. The first-order valence-electron chi connectivity index (χ1n) is 9.27. The van der Waals surface area contributed by atoms with Crippen molar-refractivity contribution in [3.63, 3.8) is 0 Å². The number of carbonyl (C=O) groups excluding carboxylic acids is 1. The van der Waals surface area contributed by atoms with Crippen molar-refractivity contribution in [3.05, 3.63) is 77.3 Å². The molecule has 0 spiro atoms. The summed E-state index contributed by atoms with van der Waals surface area (Å²) in [5, 5.41) is 0.752. The molecule has 2 aromatic rings. The normalized spacial score (nSPS) is 27.5. The van der Waals surface area contributed by atoms with Crippen LogP contribution < -0.4 is 4.48 Å². The van der Waals surface area contributed by atoms with Crippen LogP contribution in [0, 0.1) is 0 Å². The molecule has 2 bridgehead atoms. The Morgan fingerprint density at radius 3 is 2.13 bits per heavy atom. The van der Waals surface area contributed by atoms with Gasteiger partial charge in [0.05, 0.1) is 7.05 Å². The lowest BCUT2D eigenvalue weighted by atomic mass is 9.91. The number of rotatable bonds is 2. The molecule has 2 heterocycles. The summed E-state index contributed by atoms with van der Waals surface area (Å²) in [5.41, 5.74) is -3.18. The van der Waals surface area contributed by atoms with Crippen molar-refractivity contribution in [3.8, 4) is 0 Å². The predicted octanol–water partition coefficient (Wildman–Crippen LogP) is 4.39. The standard InChI is InChI=1S/C20H19ClNO.CHF3O3S/c1-22(16-5-3-2-4-6-16)18-11-12-20(23)19(22)13-17(18)14-7-9-15(21)10-8-14;2-1(3,4)8(5,6)7/h2-12,17-19H,13H2,1H3;(H,5,6,7)/q+1;/p-1. The maximum Gasteiger partial charge on any atom is 0.485 e. The lowest BCUT2D eigenvalue weighted by Gasteiger charge is -2.41. The van der Waals surface area contributed by atoms with Crippen LogP contribution in [0.3, 0.4) is 0 Å². The molecule has 2 aliphatic rings. The van der Waals surface area contributed by atoms with Crippen LogP contribution >= 0.6 is 11.6 Å². The highest BCUT2D eigenvalue weighted by Crippen LogP contribution is 2.48. The zero-order valence-corrected chi connectivity index (χ0v) is 17.9. The van der Waals surface area contributed by atoms with E-state index in [1.54, 1.807) is 6.08 Å². The number of nitrogens with zero attached hydrogens (tertiary/aromatic N) is 1. The fourth-order valence-electron chi connectivity index (χ4n) is 4.32. The molecule has 1 saturated heterocycles. The molecule has 0 aliphatic carbocycles. The van der Waals surface area contributed by atoms with Crippen LogP contribution in [0.5, 0.6) is 0 Å². The Kier molecular flexibility index (Phi) is 6.35. The van der Waals surface area contributed by atoms with Gasteiger partial charge in [0.25, 0.3) is 0 Å². The van der Waals surface area contributed by atoms with Crippen molar-refractivity contribution >= 4 is 33.2 Å². The number of fused-ring (bicyclic) bond motifs is 2. The molecule has 0 radical (unpaired) electrons. The minimum atomic E-state index is -6.09. The first-order valence-corrected chi connectivity index (χ1v) is 11.1. The maximum absolute atomic E-state index is 12.5. The van der Waals surface area contributed by atoms with E-state index >= 15 is 0 Å². The van der Waals surface area contributed by atoms with E-state index in [2.05, 4.69) is 49.5 Å². The van der Waals surface area contributed by atoms with Gasteiger partial charge in [-0.3, -0.25) is 9.28 Å². The van der Waals surface area contributed by atoms with E-state index < -0.39 is 15.6 Å². The van der Waals surface area contributed by atoms with E-state index in [0.717, 1.165) is 11.4 Å². The molecule has 4 atom stereocenters. The third-order valence-corrected chi connectivity index (χ3v) is 6.66. The average Bonchev–Trinajstić information content (AvgIpc) is 2.87. The Balaban J connectivity index is 0.000000293. The Morgan fingerprint density at radius 1 is 1.06 bits per heavy atom. The van der Waals surface area contributed by atoms with E-state index in [9.17, 15) is 18.0 Å². The van der Waals surface area contributed by atoms with E-state index in [1.807, 2.05) is 18.2 Å². The number of carbonyl (C=O) groups is 1. The van der Waals surface area contributed by atoms with Gasteiger partial charge < -0.3 is 4.55 Å². The van der Waals surface area contributed by atoms with E-state index in [0.29, 0.717) is 10.4 Å². The van der Waals surface area contributed by atoms with Gasteiger partial charge in [0.1, 0.15) is 11.7 Å². The third kappa shape index (κ3) is 4.55. The monoisotopic (exact) mass is 473 g/mol. The van der Waals surface area contributed by atoms with Crippen molar-refractivity contribution in [1.82, 2.24) is 4.48 Å². The highest BCUT2D eigenvalue weighted by atomic mass is 35.5. The van der Waals surface area contributed by atoms with Crippen LogP contribution in [-0.4, -0.2) is 43.4 Å². The first-order chi connectivity index (χ1) is 14.4. The molecular weight excluding hydrogens is 455 g/mol. The van der Waals surface area contributed by atoms with Crippen LogP contribution in [0.25, 0.3) is 0 Å². The number of benzene rings is 2. The summed E-state index contributed by atoms with van der Waals surface area (Å²) < 4.78 is 59.6. The largest absolute Gasteiger partial charge is 0.741 e. The number of alkyl halides is 3. The van der Waals surface area contributed by atoms with Crippen molar-refractivity contribution in [1.29, 1.82) is 0 Å². The lowest BCUT2D eigenvalue weighted by molar-refractivity contribution is -0.118. The molecule has 0 saturated carbocycles. The second kappa shape index (κ2) is 8.38. The van der Waals surface area contributed by atoms with Crippen molar-refractivity contribution in [2.24, 2.45) is 0 Å². The fraction of sp³-hybridized carbons (Fsp3) is 0.286. The molecule has 2 aromatic carbocycles. The van der Waals surface area contributed by atoms with E-state index in [4.69, 9.17) is 24.6 Å². The van der Waals surface area contributed by atoms with E-state index in [1.165, 1.54) is 11.3 Å². The van der Waals surface area contributed by atoms with Crippen molar-refractivity contribution in [2.75, 3.05) is 7.05 Å². The minimum Gasteiger partial charge on any atom is -0.741 e.